The summed E-state index contributed by atoms with van der Waals surface area (Å²) in [5, 5.41) is 0.318. The third-order valence-electron chi connectivity index (χ3n) is 2.92. The zero-order chi connectivity index (χ0) is 15.5. The summed E-state index contributed by atoms with van der Waals surface area (Å²) in [6.07, 6.45) is 0. The molecule has 0 aliphatic carbocycles. The molecule has 0 amide bonds. The van der Waals surface area contributed by atoms with Crippen LogP contribution in [0, 0.1) is 0 Å². The van der Waals surface area contributed by atoms with Crippen LogP contribution < -0.4 is 15.2 Å². The molecule has 112 valence electrons. The van der Waals surface area contributed by atoms with E-state index in [1.165, 1.54) is 25.3 Å². The van der Waals surface area contributed by atoms with Gasteiger partial charge in [-0.1, -0.05) is 29.8 Å². The second kappa shape index (κ2) is 6.34. The first kappa shape index (κ1) is 15.6. The molecule has 2 rings (SSSR count). The second-order valence-electron chi connectivity index (χ2n) is 4.32. The van der Waals surface area contributed by atoms with Crippen LogP contribution in [-0.4, -0.2) is 15.5 Å². The lowest BCUT2D eigenvalue weighted by atomic mass is 10.2. The molecule has 7 heteroatoms. The third kappa shape index (κ3) is 3.66. The van der Waals surface area contributed by atoms with Crippen molar-refractivity contribution in [2.24, 2.45) is 0 Å². The molecule has 0 aliphatic heterocycles. The molecule has 0 aromatic heterocycles. The van der Waals surface area contributed by atoms with Gasteiger partial charge in [0.1, 0.15) is 5.75 Å². The van der Waals surface area contributed by atoms with Gasteiger partial charge in [-0.25, -0.2) is 13.1 Å². The highest BCUT2D eigenvalue weighted by Crippen LogP contribution is 2.23. The third-order valence-corrected chi connectivity index (χ3v) is 4.67. The minimum absolute atomic E-state index is 0.0688. The quantitative estimate of drug-likeness (QED) is 0.827. The van der Waals surface area contributed by atoms with Crippen molar-refractivity contribution in [1.29, 1.82) is 0 Å². The van der Waals surface area contributed by atoms with Gasteiger partial charge in [-0.15, -0.1) is 0 Å². The minimum atomic E-state index is -3.67. The molecular weight excluding hydrogens is 312 g/mol. The number of methoxy groups -OCH3 is 1. The fourth-order valence-electron chi connectivity index (χ4n) is 1.79. The van der Waals surface area contributed by atoms with Crippen LogP contribution in [0.25, 0.3) is 0 Å². The highest BCUT2D eigenvalue weighted by molar-refractivity contribution is 7.89. The smallest absolute Gasteiger partial charge is 0.240 e. The predicted molar refractivity (Wildman–Crippen MR) is 82.9 cm³/mol. The van der Waals surface area contributed by atoms with Gasteiger partial charge >= 0.3 is 0 Å². The lowest BCUT2D eigenvalue weighted by Crippen LogP contribution is -2.23. The number of ether oxygens (including phenoxy) is 1. The van der Waals surface area contributed by atoms with Crippen molar-refractivity contribution in [3.8, 4) is 5.75 Å². The topological polar surface area (TPSA) is 81.4 Å². The van der Waals surface area contributed by atoms with Crippen LogP contribution in [0.15, 0.2) is 47.4 Å². The summed E-state index contributed by atoms with van der Waals surface area (Å²) < 4.78 is 32.1. The summed E-state index contributed by atoms with van der Waals surface area (Å²) in [5.74, 6) is 0.621. The van der Waals surface area contributed by atoms with Gasteiger partial charge in [0.25, 0.3) is 0 Å². The summed E-state index contributed by atoms with van der Waals surface area (Å²) in [5.41, 5.74) is 6.59. The Labute approximate surface area is 128 Å². The number of halogens is 1. The molecule has 0 atom stereocenters. The number of anilines is 1. The van der Waals surface area contributed by atoms with Crippen LogP contribution in [0.3, 0.4) is 0 Å². The van der Waals surface area contributed by atoms with E-state index in [0.29, 0.717) is 10.8 Å². The van der Waals surface area contributed by atoms with Crippen LogP contribution in [0.5, 0.6) is 5.75 Å². The van der Waals surface area contributed by atoms with Crippen LogP contribution in [0.2, 0.25) is 5.02 Å². The van der Waals surface area contributed by atoms with Gasteiger partial charge in [-0.3, -0.25) is 0 Å². The maximum absolute atomic E-state index is 12.2. The molecule has 0 radical (unpaired) electrons. The molecule has 0 unspecified atom stereocenters. The average molecular weight is 327 g/mol. The number of nitrogens with two attached hydrogens (primary N) is 1. The van der Waals surface area contributed by atoms with Gasteiger partial charge in [0.05, 0.1) is 22.7 Å². The van der Waals surface area contributed by atoms with E-state index in [-0.39, 0.29) is 17.1 Å². The Bertz CT molecular complexity index is 748. The number of para-hydroxylation sites is 1. The SMILES string of the molecule is COc1ccccc1CNS(=O)(=O)c1ccc(Cl)c(N)c1. The largest absolute Gasteiger partial charge is 0.496 e. The Morgan fingerprint density at radius 1 is 1.24 bits per heavy atom. The fraction of sp³-hybridized carbons (Fsp3) is 0.143. The highest BCUT2D eigenvalue weighted by Gasteiger charge is 2.15. The molecule has 21 heavy (non-hydrogen) atoms. The van der Waals surface area contributed by atoms with E-state index in [9.17, 15) is 8.42 Å². The van der Waals surface area contributed by atoms with E-state index in [4.69, 9.17) is 22.1 Å². The molecule has 0 saturated carbocycles. The monoisotopic (exact) mass is 326 g/mol. The summed E-state index contributed by atoms with van der Waals surface area (Å²) in [6.45, 7) is 0.120. The first-order valence-electron chi connectivity index (χ1n) is 6.10. The van der Waals surface area contributed by atoms with E-state index >= 15 is 0 Å². The molecule has 0 aliphatic rings. The van der Waals surface area contributed by atoms with E-state index in [2.05, 4.69) is 4.72 Å². The maximum atomic E-state index is 12.2. The summed E-state index contributed by atoms with van der Waals surface area (Å²) >= 11 is 5.79. The zero-order valence-corrected chi connectivity index (χ0v) is 12.9. The molecule has 2 aromatic carbocycles. The molecule has 0 spiro atoms. The molecule has 0 saturated heterocycles. The molecule has 5 nitrogen and oxygen atoms in total. The van der Waals surface area contributed by atoms with Crippen molar-refractivity contribution < 1.29 is 13.2 Å². The predicted octanol–water partition coefficient (Wildman–Crippen LogP) is 2.41. The van der Waals surface area contributed by atoms with Gasteiger partial charge in [0.15, 0.2) is 0 Å². The van der Waals surface area contributed by atoms with Crippen LogP contribution >= 0.6 is 11.6 Å². The normalized spacial score (nSPS) is 11.3. The number of nitrogens with one attached hydrogen (secondary N) is 1. The van der Waals surface area contributed by atoms with Gasteiger partial charge in [0, 0.05) is 12.1 Å². The van der Waals surface area contributed by atoms with Crippen molar-refractivity contribution in [1.82, 2.24) is 4.72 Å². The minimum Gasteiger partial charge on any atom is -0.496 e. The van der Waals surface area contributed by atoms with Gasteiger partial charge < -0.3 is 10.5 Å². The van der Waals surface area contributed by atoms with E-state index < -0.39 is 10.0 Å². The summed E-state index contributed by atoms with van der Waals surface area (Å²) in [6, 6.07) is 11.4. The molecule has 3 N–H and O–H groups in total. The zero-order valence-electron chi connectivity index (χ0n) is 11.3. The molecule has 0 heterocycles. The van der Waals surface area contributed by atoms with Gasteiger partial charge in [-0.05, 0) is 24.3 Å². The number of hydrogen-bond acceptors (Lipinski definition) is 4. The van der Waals surface area contributed by atoms with Crippen molar-refractivity contribution in [3.63, 3.8) is 0 Å². The van der Waals surface area contributed by atoms with Gasteiger partial charge in [0.2, 0.25) is 10.0 Å². The lowest BCUT2D eigenvalue weighted by Gasteiger charge is -2.10. The van der Waals surface area contributed by atoms with E-state index in [0.717, 1.165) is 5.56 Å². The standard InChI is InChI=1S/C14H15ClN2O3S/c1-20-14-5-3-2-4-10(14)9-17-21(18,19)11-6-7-12(15)13(16)8-11/h2-8,17H,9,16H2,1H3. The Morgan fingerprint density at radius 3 is 2.62 bits per heavy atom. The number of benzene rings is 2. The Kier molecular flexibility index (Phi) is 4.72. The summed E-state index contributed by atoms with van der Waals surface area (Å²) in [7, 11) is -2.13. The number of hydrogen-bond donors (Lipinski definition) is 2. The molecule has 0 fully saturated rings. The lowest BCUT2D eigenvalue weighted by molar-refractivity contribution is 0.409. The first-order valence-corrected chi connectivity index (χ1v) is 7.97. The summed E-state index contributed by atoms with van der Waals surface area (Å²) in [4.78, 5) is 0.0688. The van der Waals surface area contributed by atoms with Crippen LogP contribution in [0.1, 0.15) is 5.56 Å². The molecular formula is C14H15ClN2O3S. The molecule has 2 aromatic rings. The fourth-order valence-corrected chi connectivity index (χ4v) is 2.95. The van der Waals surface area contributed by atoms with Crippen molar-refractivity contribution in [2.45, 2.75) is 11.4 Å². The Hall–Kier alpha value is -1.76. The number of rotatable bonds is 5. The van der Waals surface area contributed by atoms with E-state index in [1.54, 1.807) is 12.1 Å². The molecule has 0 bridgehead atoms. The second-order valence-corrected chi connectivity index (χ2v) is 6.49. The first-order chi connectivity index (χ1) is 9.94. The maximum Gasteiger partial charge on any atom is 0.240 e. The van der Waals surface area contributed by atoms with Crippen LogP contribution in [0.4, 0.5) is 5.69 Å². The van der Waals surface area contributed by atoms with Crippen molar-refractivity contribution in [2.75, 3.05) is 12.8 Å². The van der Waals surface area contributed by atoms with Crippen molar-refractivity contribution in [3.05, 3.63) is 53.1 Å². The number of nitrogen functional groups attached to an aromatic ring is 1. The Balaban J connectivity index is 2.20. The van der Waals surface area contributed by atoms with Gasteiger partial charge in [-0.2, -0.15) is 0 Å². The Morgan fingerprint density at radius 2 is 1.95 bits per heavy atom. The van der Waals surface area contributed by atoms with Crippen LogP contribution in [-0.2, 0) is 16.6 Å². The number of sulfonamides is 1. The highest BCUT2D eigenvalue weighted by atomic mass is 35.5. The van der Waals surface area contributed by atoms with Crippen molar-refractivity contribution >= 4 is 27.3 Å². The van der Waals surface area contributed by atoms with E-state index in [1.807, 2.05) is 12.1 Å². The average Bonchev–Trinajstić information content (AvgIpc) is 2.48.